The van der Waals surface area contributed by atoms with Crippen LogP contribution in [0, 0.1) is 6.92 Å². The molecule has 0 unspecified atom stereocenters. The topological polar surface area (TPSA) is 38.3 Å². The molecule has 18 heavy (non-hydrogen) atoms. The fourth-order valence-electron chi connectivity index (χ4n) is 1.47. The molecule has 0 aliphatic heterocycles. The zero-order chi connectivity index (χ0) is 13.5. The van der Waals surface area contributed by atoms with Gasteiger partial charge in [0.15, 0.2) is 6.61 Å². The van der Waals surface area contributed by atoms with Crippen LogP contribution in [0.2, 0.25) is 0 Å². The molecule has 100 valence electrons. The zero-order valence-corrected chi connectivity index (χ0v) is 13.7. The number of hydrogen-bond acceptors (Lipinski definition) is 2. The molecule has 0 saturated heterocycles. The number of rotatable bonds is 6. The molecule has 0 aliphatic carbocycles. The molecule has 0 aliphatic rings. The van der Waals surface area contributed by atoms with Crippen molar-refractivity contribution in [2.75, 3.05) is 13.2 Å². The smallest absolute Gasteiger partial charge is 0.257 e. The Balaban J connectivity index is 2.51. The van der Waals surface area contributed by atoms with Gasteiger partial charge in [0.05, 0.1) is 4.47 Å². The Morgan fingerprint density at radius 1 is 1.39 bits per heavy atom. The largest absolute Gasteiger partial charge is 0.482 e. The number of ether oxygens (including phenoxy) is 1. The van der Waals surface area contributed by atoms with Crippen LogP contribution < -0.4 is 10.1 Å². The summed E-state index contributed by atoms with van der Waals surface area (Å²) in [4.78, 5) is 11.5. The average molecular weight is 379 g/mol. The SMILES string of the molecule is CCCCNC(=O)COc1c(C)cc(Br)cc1Br. The van der Waals surface area contributed by atoms with Gasteiger partial charge in [-0.05, 0) is 47.0 Å². The second-order valence-corrected chi connectivity index (χ2v) is 5.80. The highest BCUT2D eigenvalue weighted by molar-refractivity contribution is 9.11. The Bertz CT molecular complexity index is 398. The molecular weight excluding hydrogens is 362 g/mol. The summed E-state index contributed by atoms with van der Waals surface area (Å²) in [6.07, 6.45) is 2.06. The van der Waals surface area contributed by atoms with E-state index in [1.54, 1.807) is 0 Å². The van der Waals surface area contributed by atoms with Gasteiger partial charge in [0.1, 0.15) is 5.75 Å². The minimum absolute atomic E-state index is 0.0464. The third-order valence-electron chi connectivity index (χ3n) is 2.39. The zero-order valence-electron chi connectivity index (χ0n) is 10.6. The van der Waals surface area contributed by atoms with Crippen molar-refractivity contribution in [3.8, 4) is 5.75 Å². The van der Waals surface area contributed by atoms with Gasteiger partial charge in [0, 0.05) is 11.0 Å². The fourth-order valence-corrected chi connectivity index (χ4v) is 3.02. The minimum Gasteiger partial charge on any atom is -0.482 e. The second kappa shape index (κ2) is 7.79. The number of carbonyl (C=O) groups is 1. The minimum atomic E-state index is -0.0855. The van der Waals surface area contributed by atoms with E-state index in [0.29, 0.717) is 12.3 Å². The maximum absolute atomic E-state index is 11.5. The predicted molar refractivity (Wildman–Crippen MR) is 80.0 cm³/mol. The summed E-state index contributed by atoms with van der Waals surface area (Å²) in [5.74, 6) is 0.626. The van der Waals surface area contributed by atoms with Gasteiger partial charge in [-0.3, -0.25) is 4.79 Å². The maximum Gasteiger partial charge on any atom is 0.257 e. The van der Waals surface area contributed by atoms with E-state index in [1.165, 1.54) is 0 Å². The van der Waals surface area contributed by atoms with Crippen molar-refractivity contribution in [1.82, 2.24) is 5.32 Å². The molecule has 0 spiro atoms. The summed E-state index contributed by atoms with van der Waals surface area (Å²) >= 11 is 6.83. The van der Waals surface area contributed by atoms with Gasteiger partial charge < -0.3 is 10.1 Å². The van der Waals surface area contributed by atoms with Crippen LogP contribution in [0.15, 0.2) is 21.1 Å². The third-order valence-corrected chi connectivity index (χ3v) is 3.44. The van der Waals surface area contributed by atoms with Crippen molar-refractivity contribution in [1.29, 1.82) is 0 Å². The molecule has 0 radical (unpaired) electrons. The van der Waals surface area contributed by atoms with Gasteiger partial charge in [-0.15, -0.1) is 0 Å². The molecular formula is C13H17Br2NO2. The number of aryl methyl sites for hydroxylation is 1. The monoisotopic (exact) mass is 377 g/mol. The van der Waals surface area contributed by atoms with Gasteiger partial charge in [-0.1, -0.05) is 29.3 Å². The average Bonchev–Trinajstić information content (AvgIpc) is 2.27. The van der Waals surface area contributed by atoms with E-state index in [-0.39, 0.29) is 12.5 Å². The molecule has 0 bridgehead atoms. The predicted octanol–water partition coefficient (Wildman–Crippen LogP) is 3.82. The molecule has 0 aromatic heterocycles. The van der Waals surface area contributed by atoms with Gasteiger partial charge in [0.2, 0.25) is 0 Å². The van der Waals surface area contributed by atoms with E-state index in [4.69, 9.17) is 4.74 Å². The quantitative estimate of drug-likeness (QED) is 0.764. The Hall–Kier alpha value is -0.550. The van der Waals surface area contributed by atoms with E-state index >= 15 is 0 Å². The Kier molecular flexibility index (Phi) is 6.71. The summed E-state index contributed by atoms with van der Waals surface area (Å²) in [6.45, 7) is 4.79. The normalized spacial score (nSPS) is 10.2. The number of benzene rings is 1. The summed E-state index contributed by atoms with van der Waals surface area (Å²) < 4.78 is 7.36. The van der Waals surface area contributed by atoms with Crippen LogP contribution in [-0.4, -0.2) is 19.1 Å². The van der Waals surface area contributed by atoms with E-state index in [9.17, 15) is 4.79 Å². The standard InChI is InChI=1S/C13H17Br2NO2/c1-3-4-5-16-12(17)8-18-13-9(2)6-10(14)7-11(13)15/h6-7H,3-5,8H2,1-2H3,(H,16,17). The first-order valence-corrected chi connectivity index (χ1v) is 7.48. The van der Waals surface area contributed by atoms with Crippen molar-refractivity contribution in [3.63, 3.8) is 0 Å². The van der Waals surface area contributed by atoms with Gasteiger partial charge in [-0.25, -0.2) is 0 Å². The van der Waals surface area contributed by atoms with Crippen molar-refractivity contribution in [3.05, 3.63) is 26.6 Å². The first kappa shape index (κ1) is 15.5. The summed E-state index contributed by atoms with van der Waals surface area (Å²) in [5.41, 5.74) is 0.984. The number of nitrogens with one attached hydrogen (secondary N) is 1. The highest BCUT2D eigenvalue weighted by atomic mass is 79.9. The van der Waals surface area contributed by atoms with Gasteiger partial charge >= 0.3 is 0 Å². The number of amides is 1. The van der Waals surface area contributed by atoms with Crippen molar-refractivity contribution < 1.29 is 9.53 Å². The Morgan fingerprint density at radius 3 is 2.72 bits per heavy atom. The first-order valence-electron chi connectivity index (χ1n) is 5.89. The first-order chi connectivity index (χ1) is 8.54. The molecule has 1 rings (SSSR count). The van der Waals surface area contributed by atoms with Crippen LogP contribution in [0.5, 0.6) is 5.75 Å². The lowest BCUT2D eigenvalue weighted by Crippen LogP contribution is -2.29. The number of halogens is 2. The molecule has 1 aromatic carbocycles. The number of hydrogen-bond donors (Lipinski definition) is 1. The van der Waals surface area contributed by atoms with E-state index in [1.807, 2.05) is 19.1 Å². The Labute approximate surface area is 125 Å². The lowest BCUT2D eigenvalue weighted by Gasteiger charge is -2.11. The van der Waals surface area contributed by atoms with E-state index in [2.05, 4.69) is 44.1 Å². The molecule has 5 heteroatoms. The van der Waals surface area contributed by atoms with Crippen LogP contribution in [0.1, 0.15) is 25.3 Å². The highest BCUT2D eigenvalue weighted by Gasteiger charge is 2.09. The maximum atomic E-state index is 11.5. The summed E-state index contributed by atoms with van der Waals surface area (Å²) in [7, 11) is 0. The van der Waals surface area contributed by atoms with Crippen LogP contribution in [-0.2, 0) is 4.79 Å². The van der Waals surface area contributed by atoms with Gasteiger partial charge in [-0.2, -0.15) is 0 Å². The van der Waals surface area contributed by atoms with Crippen LogP contribution in [0.4, 0.5) is 0 Å². The molecule has 1 N–H and O–H groups in total. The summed E-state index contributed by atoms with van der Waals surface area (Å²) in [5, 5.41) is 2.82. The molecule has 0 heterocycles. The van der Waals surface area contributed by atoms with Crippen molar-refractivity contribution in [2.45, 2.75) is 26.7 Å². The summed E-state index contributed by atoms with van der Waals surface area (Å²) in [6, 6.07) is 3.85. The molecule has 0 atom stereocenters. The van der Waals surface area contributed by atoms with E-state index < -0.39 is 0 Å². The molecule has 1 amide bonds. The molecule has 0 saturated carbocycles. The van der Waals surface area contributed by atoms with Gasteiger partial charge in [0.25, 0.3) is 5.91 Å². The van der Waals surface area contributed by atoms with E-state index in [0.717, 1.165) is 27.4 Å². The van der Waals surface area contributed by atoms with Crippen molar-refractivity contribution >= 4 is 37.8 Å². The lowest BCUT2D eigenvalue weighted by molar-refractivity contribution is -0.123. The van der Waals surface area contributed by atoms with Crippen LogP contribution in [0.25, 0.3) is 0 Å². The molecule has 1 aromatic rings. The third kappa shape index (κ3) is 4.98. The number of carbonyl (C=O) groups excluding carboxylic acids is 1. The van der Waals surface area contributed by atoms with Crippen LogP contribution >= 0.6 is 31.9 Å². The van der Waals surface area contributed by atoms with Crippen molar-refractivity contribution in [2.24, 2.45) is 0 Å². The Morgan fingerprint density at radius 2 is 2.11 bits per heavy atom. The molecule has 3 nitrogen and oxygen atoms in total. The number of unbranched alkanes of at least 4 members (excludes halogenated alkanes) is 1. The fraction of sp³-hybridized carbons (Fsp3) is 0.462. The highest BCUT2D eigenvalue weighted by Crippen LogP contribution is 2.32. The second-order valence-electron chi connectivity index (χ2n) is 4.03. The lowest BCUT2D eigenvalue weighted by atomic mass is 10.2. The molecule has 0 fully saturated rings. The van der Waals surface area contributed by atoms with Crippen LogP contribution in [0.3, 0.4) is 0 Å².